The van der Waals surface area contributed by atoms with Crippen molar-refractivity contribution in [3.05, 3.63) is 23.7 Å². The molecule has 0 radical (unpaired) electrons. The topological polar surface area (TPSA) is 52.2 Å². The van der Waals surface area contributed by atoms with Crippen molar-refractivity contribution in [1.29, 1.82) is 5.26 Å². The minimum Gasteiger partial charge on any atom is -0.449 e. The van der Waals surface area contributed by atoms with Gasteiger partial charge in [-0.05, 0) is 51.5 Å². The lowest BCUT2D eigenvalue weighted by molar-refractivity contribution is 0.189. The van der Waals surface area contributed by atoms with Crippen LogP contribution in [0, 0.1) is 11.3 Å². The van der Waals surface area contributed by atoms with Gasteiger partial charge in [-0.15, -0.1) is 0 Å². The van der Waals surface area contributed by atoms with Crippen LogP contribution >= 0.6 is 0 Å². The Hall–Kier alpha value is -1.31. The SMILES string of the molecule is CN(CCCNCc1ccc(C#N)o1)C1CCCCC1. The highest BCUT2D eigenvalue weighted by atomic mass is 16.3. The molecule has 0 aromatic carbocycles. The Balaban J connectivity index is 1.56. The molecule has 0 amide bonds. The highest BCUT2D eigenvalue weighted by molar-refractivity contribution is 5.18. The van der Waals surface area contributed by atoms with Gasteiger partial charge < -0.3 is 14.6 Å². The summed E-state index contributed by atoms with van der Waals surface area (Å²) in [4.78, 5) is 2.52. The quantitative estimate of drug-likeness (QED) is 0.777. The molecule has 1 fully saturated rings. The van der Waals surface area contributed by atoms with Gasteiger partial charge in [-0.2, -0.15) is 5.26 Å². The lowest BCUT2D eigenvalue weighted by Gasteiger charge is -2.31. The van der Waals surface area contributed by atoms with E-state index in [1.165, 1.54) is 32.1 Å². The van der Waals surface area contributed by atoms with Crippen molar-refractivity contribution in [2.45, 2.75) is 51.1 Å². The minimum atomic E-state index is 0.388. The zero-order valence-electron chi connectivity index (χ0n) is 12.4. The van der Waals surface area contributed by atoms with Gasteiger partial charge in [0.15, 0.2) is 0 Å². The fourth-order valence-corrected chi connectivity index (χ4v) is 2.90. The van der Waals surface area contributed by atoms with Crippen molar-refractivity contribution in [3.8, 4) is 6.07 Å². The van der Waals surface area contributed by atoms with E-state index in [0.717, 1.165) is 31.3 Å². The molecule has 1 heterocycles. The average molecular weight is 275 g/mol. The van der Waals surface area contributed by atoms with Crippen LogP contribution < -0.4 is 5.32 Å². The second-order valence-electron chi connectivity index (χ2n) is 5.68. The van der Waals surface area contributed by atoms with Crippen LogP contribution in [0.2, 0.25) is 0 Å². The standard InChI is InChI=1S/C16H25N3O/c1-19(14-6-3-2-4-7-14)11-5-10-18-13-16-9-8-15(12-17)20-16/h8-9,14,18H,2-7,10-11,13H2,1H3. The summed E-state index contributed by atoms with van der Waals surface area (Å²) in [7, 11) is 2.25. The second-order valence-corrected chi connectivity index (χ2v) is 5.68. The fraction of sp³-hybridized carbons (Fsp3) is 0.688. The van der Waals surface area contributed by atoms with Gasteiger partial charge in [0.1, 0.15) is 11.8 Å². The Morgan fingerprint density at radius 1 is 1.35 bits per heavy atom. The van der Waals surface area contributed by atoms with Gasteiger partial charge in [0.25, 0.3) is 0 Å². The predicted molar refractivity (Wildman–Crippen MR) is 79.2 cm³/mol. The molecule has 110 valence electrons. The van der Waals surface area contributed by atoms with Gasteiger partial charge >= 0.3 is 0 Å². The van der Waals surface area contributed by atoms with E-state index in [2.05, 4.69) is 17.3 Å². The molecule has 1 aliphatic rings. The number of rotatable bonds is 7. The van der Waals surface area contributed by atoms with Crippen molar-refractivity contribution >= 4 is 0 Å². The average Bonchev–Trinajstić information content (AvgIpc) is 2.95. The molecule has 0 saturated heterocycles. The number of nitriles is 1. The largest absolute Gasteiger partial charge is 0.449 e. The first kappa shape index (κ1) is 15.1. The number of nitrogens with one attached hydrogen (secondary N) is 1. The molecule has 0 aliphatic heterocycles. The van der Waals surface area contributed by atoms with E-state index in [1.54, 1.807) is 6.07 Å². The van der Waals surface area contributed by atoms with Crippen molar-refractivity contribution in [3.63, 3.8) is 0 Å². The molecule has 0 spiro atoms. The summed E-state index contributed by atoms with van der Waals surface area (Å²) in [5, 5.41) is 12.0. The maximum atomic E-state index is 8.68. The van der Waals surface area contributed by atoms with Crippen LogP contribution in [0.3, 0.4) is 0 Å². The lowest BCUT2D eigenvalue weighted by Crippen LogP contribution is -2.35. The van der Waals surface area contributed by atoms with Gasteiger partial charge in [-0.1, -0.05) is 19.3 Å². The Kier molecular flexibility index (Phi) is 6.10. The molecule has 1 aromatic heterocycles. The van der Waals surface area contributed by atoms with E-state index in [9.17, 15) is 0 Å². The summed E-state index contributed by atoms with van der Waals surface area (Å²) in [5.74, 6) is 1.22. The first-order valence-corrected chi connectivity index (χ1v) is 7.69. The van der Waals surface area contributed by atoms with Crippen molar-refractivity contribution < 1.29 is 4.42 Å². The van der Waals surface area contributed by atoms with Crippen LogP contribution in [0.25, 0.3) is 0 Å². The van der Waals surface area contributed by atoms with Gasteiger partial charge in [0.05, 0.1) is 6.54 Å². The van der Waals surface area contributed by atoms with Crippen LogP contribution in [0.4, 0.5) is 0 Å². The summed E-state index contributed by atoms with van der Waals surface area (Å²) < 4.78 is 5.32. The highest BCUT2D eigenvalue weighted by Crippen LogP contribution is 2.21. The Labute approximate surface area is 121 Å². The van der Waals surface area contributed by atoms with Crippen LogP contribution in [0.1, 0.15) is 50.0 Å². The zero-order valence-corrected chi connectivity index (χ0v) is 12.4. The number of hydrogen-bond donors (Lipinski definition) is 1. The summed E-state index contributed by atoms with van der Waals surface area (Å²) in [6.45, 7) is 2.84. The van der Waals surface area contributed by atoms with E-state index in [-0.39, 0.29) is 0 Å². The first-order chi connectivity index (χ1) is 9.79. The van der Waals surface area contributed by atoms with E-state index >= 15 is 0 Å². The Morgan fingerprint density at radius 3 is 2.85 bits per heavy atom. The molecule has 4 nitrogen and oxygen atoms in total. The lowest BCUT2D eigenvalue weighted by atomic mass is 9.94. The smallest absolute Gasteiger partial charge is 0.203 e. The third kappa shape index (κ3) is 4.66. The number of furan rings is 1. The summed E-state index contributed by atoms with van der Waals surface area (Å²) in [5.41, 5.74) is 0. The third-order valence-corrected chi connectivity index (χ3v) is 4.13. The van der Waals surface area contributed by atoms with Crippen molar-refractivity contribution in [1.82, 2.24) is 10.2 Å². The molecule has 0 atom stereocenters. The minimum absolute atomic E-state index is 0.388. The number of nitrogens with zero attached hydrogens (tertiary/aromatic N) is 2. The second kappa shape index (κ2) is 8.08. The van der Waals surface area contributed by atoms with Crippen LogP contribution in [-0.4, -0.2) is 31.1 Å². The van der Waals surface area contributed by atoms with Gasteiger partial charge in [0.2, 0.25) is 5.76 Å². The van der Waals surface area contributed by atoms with Crippen molar-refractivity contribution in [2.75, 3.05) is 20.1 Å². The van der Waals surface area contributed by atoms with Crippen LogP contribution in [0.5, 0.6) is 0 Å². The van der Waals surface area contributed by atoms with E-state index < -0.39 is 0 Å². The van der Waals surface area contributed by atoms with E-state index in [0.29, 0.717) is 12.3 Å². The van der Waals surface area contributed by atoms with Crippen LogP contribution in [0.15, 0.2) is 16.5 Å². The third-order valence-electron chi connectivity index (χ3n) is 4.13. The molecule has 2 rings (SSSR count). The fourth-order valence-electron chi connectivity index (χ4n) is 2.90. The van der Waals surface area contributed by atoms with E-state index in [4.69, 9.17) is 9.68 Å². The highest BCUT2D eigenvalue weighted by Gasteiger charge is 2.17. The maximum Gasteiger partial charge on any atom is 0.203 e. The van der Waals surface area contributed by atoms with Gasteiger partial charge in [0, 0.05) is 6.04 Å². The molecular formula is C16H25N3O. The molecule has 0 unspecified atom stereocenters. The van der Waals surface area contributed by atoms with Crippen molar-refractivity contribution in [2.24, 2.45) is 0 Å². The molecule has 4 heteroatoms. The predicted octanol–water partition coefficient (Wildman–Crippen LogP) is 2.90. The normalized spacial score (nSPS) is 16.4. The number of hydrogen-bond acceptors (Lipinski definition) is 4. The van der Waals surface area contributed by atoms with E-state index in [1.807, 2.05) is 12.1 Å². The monoisotopic (exact) mass is 275 g/mol. The molecule has 1 N–H and O–H groups in total. The molecule has 1 aliphatic carbocycles. The molecular weight excluding hydrogens is 250 g/mol. The Bertz CT molecular complexity index is 429. The molecule has 20 heavy (non-hydrogen) atoms. The summed E-state index contributed by atoms with van der Waals surface area (Å²) >= 11 is 0. The molecule has 1 saturated carbocycles. The molecule has 1 aromatic rings. The zero-order chi connectivity index (χ0) is 14.2. The molecule has 0 bridgehead atoms. The summed E-state index contributed by atoms with van der Waals surface area (Å²) in [6, 6.07) is 6.37. The first-order valence-electron chi connectivity index (χ1n) is 7.69. The maximum absolute atomic E-state index is 8.68. The Morgan fingerprint density at radius 2 is 2.15 bits per heavy atom. The van der Waals surface area contributed by atoms with Gasteiger partial charge in [-0.25, -0.2) is 0 Å². The summed E-state index contributed by atoms with van der Waals surface area (Å²) in [6.07, 6.45) is 8.10. The van der Waals surface area contributed by atoms with Crippen LogP contribution in [-0.2, 0) is 6.54 Å². The van der Waals surface area contributed by atoms with Gasteiger partial charge in [-0.3, -0.25) is 0 Å².